The normalized spacial score (nSPS) is 12.9. The maximum Gasteiger partial charge on any atom is 0.102 e. The highest BCUT2D eigenvalue weighted by Crippen LogP contribution is 2.13. The van der Waals surface area contributed by atoms with Gasteiger partial charge < -0.3 is 10.2 Å². The van der Waals surface area contributed by atoms with E-state index in [1.54, 1.807) is 0 Å². The van der Waals surface area contributed by atoms with Crippen molar-refractivity contribution in [1.82, 2.24) is 0 Å². The number of aryl methyl sites for hydroxylation is 1. The molecule has 0 aromatic heterocycles. The lowest BCUT2D eigenvalue weighted by Crippen LogP contribution is -2.02. The topological polar surface area (TPSA) is 40.5 Å². The first kappa shape index (κ1) is 9.23. The van der Waals surface area contributed by atoms with Crippen LogP contribution in [-0.4, -0.2) is 16.8 Å². The van der Waals surface area contributed by atoms with Crippen molar-refractivity contribution < 1.29 is 10.2 Å². The van der Waals surface area contributed by atoms with Crippen molar-refractivity contribution in [2.75, 3.05) is 6.61 Å². The third-order valence-corrected chi connectivity index (χ3v) is 1.92. The lowest BCUT2D eigenvalue weighted by Gasteiger charge is -2.08. The van der Waals surface area contributed by atoms with Crippen LogP contribution < -0.4 is 0 Å². The van der Waals surface area contributed by atoms with E-state index in [2.05, 4.69) is 6.92 Å². The van der Waals surface area contributed by atoms with E-state index in [9.17, 15) is 5.11 Å². The fourth-order valence-electron chi connectivity index (χ4n) is 1.13. The quantitative estimate of drug-likeness (QED) is 0.710. The molecule has 1 atom stereocenters. The molecule has 1 rings (SSSR count). The first-order chi connectivity index (χ1) is 5.77. The van der Waals surface area contributed by atoms with E-state index in [0.29, 0.717) is 0 Å². The molecular weight excluding hydrogens is 152 g/mol. The van der Waals surface area contributed by atoms with Gasteiger partial charge in [0.1, 0.15) is 6.10 Å². The fraction of sp³-hybridized carbons (Fsp3) is 0.400. The molecule has 2 heteroatoms. The Labute approximate surface area is 72.5 Å². The highest BCUT2D eigenvalue weighted by molar-refractivity contribution is 5.25. The average molecular weight is 166 g/mol. The van der Waals surface area contributed by atoms with Crippen molar-refractivity contribution in [2.24, 2.45) is 0 Å². The number of benzene rings is 1. The van der Waals surface area contributed by atoms with Gasteiger partial charge in [-0.1, -0.05) is 31.2 Å². The van der Waals surface area contributed by atoms with E-state index in [4.69, 9.17) is 5.11 Å². The van der Waals surface area contributed by atoms with Gasteiger partial charge in [0.25, 0.3) is 0 Å². The van der Waals surface area contributed by atoms with Crippen LogP contribution in [0, 0.1) is 0 Å². The van der Waals surface area contributed by atoms with Crippen molar-refractivity contribution in [3.63, 3.8) is 0 Å². The molecule has 0 saturated carbocycles. The van der Waals surface area contributed by atoms with Gasteiger partial charge in [0.15, 0.2) is 0 Å². The van der Waals surface area contributed by atoms with Gasteiger partial charge in [-0.3, -0.25) is 0 Å². The monoisotopic (exact) mass is 166 g/mol. The van der Waals surface area contributed by atoms with Crippen molar-refractivity contribution in [3.05, 3.63) is 35.4 Å². The predicted octanol–water partition coefficient (Wildman–Crippen LogP) is 1.27. The molecule has 0 aliphatic heterocycles. The molecule has 1 aromatic carbocycles. The molecular formula is C10H14O2. The van der Waals surface area contributed by atoms with Gasteiger partial charge in [-0.15, -0.1) is 0 Å². The second kappa shape index (κ2) is 4.24. The molecule has 0 aliphatic carbocycles. The Morgan fingerprint density at radius 2 is 2.17 bits per heavy atom. The van der Waals surface area contributed by atoms with E-state index >= 15 is 0 Å². The molecule has 0 saturated heterocycles. The summed E-state index contributed by atoms with van der Waals surface area (Å²) in [6.45, 7) is 1.84. The zero-order valence-corrected chi connectivity index (χ0v) is 7.20. The van der Waals surface area contributed by atoms with E-state index in [1.165, 1.54) is 5.56 Å². The molecule has 2 nitrogen and oxygen atoms in total. The Bertz CT molecular complexity index is 245. The largest absolute Gasteiger partial charge is 0.393 e. The number of hydrogen-bond donors (Lipinski definition) is 2. The molecule has 0 fully saturated rings. The molecule has 12 heavy (non-hydrogen) atoms. The lowest BCUT2D eigenvalue weighted by molar-refractivity contribution is 0.0955. The third-order valence-electron chi connectivity index (χ3n) is 1.92. The van der Waals surface area contributed by atoms with Gasteiger partial charge in [0, 0.05) is 0 Å². The van der Waals surface area contributed by atoms with E-state index in [-0.39, 0.29) is 6.61 Å². The van der Waals surface area contributed by atoms with Crippen LogP contribution in [0.1, 0.15) is 24.2 Å². The maximum atomic E-state index is 9.30. The molecule has 66 valence electrons. The summed E-state index contributed by atoms with van der Waals surface area (Å²) in [7, 11) is 0. The Morgan fingerprint density at radius 1 is 1.42 bits per heavy atom. The van der Waals surface area contributed by atoms with Crippen LogP contribution >= 0.6 is 0 Å². The highest BCUT2D eigenvalue weighted by atomic mass is 16.3. The molecule has 0 aliphatic rings. The van der Waals surface area contributed by atoms with Crippen LogP contribution in [0.2, 0.25) is 0 Å². The number of hydrogen-bond acceptors (Lipinski definition) is 2. The summed E-state index contributed by atoms with van der Waals surface area (Å²) in [5.41, 5.74) is 1.97. The lowest BCUT2D eigenvalue weighted by atomic mass is 10.1. The summed E-state index contributed by atoms with van der Waals surface area (Å²) in [5.74, 6) is 0. The van der Waals surface area contributed by atoms with Gasteiger partial charge in [-0.05, 0) is 17.5 Å². The van der Waals surface area contributed by atoms with E-state index in [0.717, 1.165) is 12.0 Å². The fourth-order valence-corrected chi connectivity index (χ4v) is 1.13. The smallest absolute Gasteiger partial charge is 0.102 e. The highest BCUT2D eigenvalue weighted by Gasteiger charge is 2.04. The zero-order chi connectivity index (χ0) is 8.97. The standard InChI is InChI=1S/C10H14O2/c1-2-8-4-3-5-9(6-8)10(12)7-11/h3-6,10-12H,2,7H2,1H3/t10-/m1/s1. The molecule has 0 radical (unpaired) electrons. The molecule has 0 amide bonds. The van der Waals surface area contributed by atoms with Crippen LogP contribution in [0.5, 0.6) is 0 Å². The Kier molecular flexibility index (Phi) is 3.26. The zero-order valence-electron chi connectivity index (χ0n) is 7.20. The van der Waals surface area contributed by atoms with Crippen LogP contribution in [-0.2, 0) is 6.42 Å². The minimum absolute atomic E-state index is 0.215. The van der Waals surface area contributed by atoms with Gasteiger partial charge in [-0.25, -0.2) is 0 Å². The minimum atomic E-state index is -0.739. The molecule has 2 N–H and O–H groups in total. The first-order valence-electron chi connectivity index (χ1n) is 4.15. The van der Waals surface area contributed by atoms with Crippen molar-refractivity contribution in [3.8, 4) is 0 Å². The summed E-state index contributed by atoms with van der Waals surface area (Å²) in [6.07, 6.45) is 0.211. The molecule has 0 spiro atoms. The summed E-state index contributed by atoms with van der Waals surface area (Å²) in [6, 6.07) is 7.64. The Morgan fingerprint density at radius 3 is 2.75 bits per heavy atom. The number of aliphatic hydroxyl groups is 2. The van der Waals surface area contributed by atoms with Crippen LogP contribution in [0.25, 0.3) is 0 Å². The molecule has 0 bridgehead atoms. The first-order valence-corrected chi connectivity index (χ1v) is 4.15. The maximum absolute atomic E-state index is 9.30. The van der Waals surface area contributed by atoms with Crippen LogP contribution in [0.4, 0.5) is 0 Å². The summed E-state index contributed by atoms with van der Waals surface area (Å²) >= 11 is 0. The average Bonchev–Trinajstić information content (AvgIpc) is 2.17. The van der Waals surface area contributed by atoms with Crippen molar-refractivity contribution in [2.45, 2.75) is 19.4 Å². The Balaban J connectivity index is 2.86. The van der Waals surface area contributed by atoms with Crippen LogP contribution in [0.3, 0.4) is 0 Å². The van der Waals surface area contributed by atoms with Gasteiger partial charge in [0.2, 0.25) is 0 Å². The van der Waals surface area contributed by atoms with Crippen molar-refractivity contribution >= 4 is 0 Å². The number of aliphatic hydroxyl groups excluding tert-OH is 2. The SMILES string of the molecule is CCc1cccc([C@H](O)CO)c1. The Hall–Kier alpha value is -0.860. The minimum Gasteiger partial charge on any atom is -0.393 e. The summed E-state index contributed by atoms with van der Waals surface area (Å²) in [4.78, 5) is 0. The molecule has 0 unspecified atom stereocenters. The third kappa shape index (κ3) is 2.06. The summed E-state index contributed by atoms with van der Waals surface area (Å²) < 4.78 is 0. The van der Waals surface area contributed by atoms with E-state index < -0.39 is 6.10 Å². The second-order valence-electron chi connectivity index (χ2n) is 2.80. The van der Waals surface area contributed by atoms with Gasteiger partial charge in [0.05, 0.1) is 6.61 Å². The van der Waals surface area contributed by atoms with Crippen LogP contribution in [0.15, 0.2) is 24.3 Å². The number of rotatable bonds is 3. The van der Waals surface area contributed by atoms with Crippen molar-refractivity contribution in [1.29, 1.82) is 0 Å². The van der Waals surface area contributed by atoms with E-state index in [1.807, 2.05) is 24.3 Å². The molecule has 0 heterocycles. The molecule has 1 aromatic rings. The predicted molar refractivity (Wildman–Crippen MR) is 47.9 cm³/mol. The van der Waals surface area contributed by atoms with Gasteiger partial charge in [-0.2, -0.15) is 0 Å². The van der Waals surface area contributed by atoms with Gasteiger partial charge >= 0.3 is 0 Å². The second-order valence-corrected chi connectivity index (χ2v) is 2.80. The summed E-state index contributed by atoms with van der Waals surface area (Å²) in [5, 5.41) is 18.0.